The highest BCUT2D eigenvalue weighted by molar-refractivity contribution is 5.89. The average molecular weight is 281 g/mol. The van der Waals surface area contributed by atoms with Gasteiger partial charge in [-0.25, -0.2) is 9.59 Å². The molecule has 0 fully saturated rings. The lowest BCUT2D eigenvalue weighted by molar-refractivity contribution is -0.137. The van der Waals surface area contributed by atoms with Gasteiger partial charge >= 0.3 is 12.1 Å². The molecule has 1 aliphatic carbocycles. The number of methoxy groups -OCH3 is 1. The number of rotatable bonds is 3. The molecule has 110 valence electrons. The smallest absolute Gasteiger partial charge is 0.409 e. The maximum Gasteiger partial charge on any atom is 0.409 e. The summed E-state index contributed by atoms with van der Waals surface area (Å²) in [6.45, 7) is 0.729. The zero-order valence-corrected chi connectivity index (χ0v) is 11.9. The van der Waals surface area contributed by atoms with Crippen molar-refractivity contribution in [2.24, 2.45) is 11.8 Å². The fourth-order valence-electron chi connectivity index (χ4n) is 2.51. The number of hydrogen-bond donors (Lipinski definition) is 0. The zero-order chi connectivity index (χ0) is 14.7. The van der Waals surface area contributed by atoms with E-state index in [0.717, 1.165) is 12.0 Å². The van der Waals surface area contributed by atoms with E-state index in [0.29, 0.717) is 12.2 Å². The molecule has 0 aromatic carbocycles. The van der Waals surface area contributed by atoms with Gasteiger partial charge in [0.2, 0.25) is 0 Å². The van der Waals surface area contributed by atoms with Gasteiger partial charge in [0.15, 0.2) is 0 Å². The number of esters is 1. The monoisotopic (exact) mass is 281 g/mol. The van der Waals surface area contributed by atoms with E-state index >= 15 is 0 Å². The van der Waals surface area contributed by atoms with Crippen LogP contribution in [0.4, 0.5) is 4.79 Å². The summed E-state index contributed by atoms with van der Waals surface area (Å²) in [4.78, 5) is 24.5. The third-order valence-corrected chi connectivity index (χ3v) is 3.63. The van der Waals surface area contributed by atoms with E-state index in [1.165, 1.54) is 18.3 Å². The first-order valence-electron chi connectivity index (χ1n) is 6.47. The number of ether oxygens (including phenoxy) is 3. The van der Waals surface area contributed by atoms with Crippen molar-refractivity contribution in [1.29, 1.82) is 0 Å². The molecule has 0 spiro atoms. The molecule has 2 aliphatic rings. The van der Waals surface area contributed by atoms with Crippen molar-refractivity contribution in [3.8, 4) is 0 Å². The fourth-order valence-corrected chi connectivity index (χ4v) is 2.51. The topological polar surface area (TPSA) is 65.1 Å². The average Bonchev–Trinajstić information content (AvgIpc) is 2.86. The second-order valence-corrected chi connectivity index (χ2v) is 5.07. The van der Waals surface area contributed by atoms with Gasteiger partial charge in [0.1, 0.15) is 6.61 Å². The molecule has 0 radical (unpaired) electrons. The normalized spacial score (nSPS) is 23.9. The molecule has 2 unspecified atom stereocenters. The van der Waals surface area contributed by atoms with Crippen LogP contribution in [-0.4, -0.2) is 51.4 Å². The lowest BCUT2D eigenvalue weighted by Crippen LogP contribution is -2.29. The molecule has 1 heterocycles. The molecular formula is C14H19NO5. The molecule has 0 aromatic rings. The fraction of sp³-hybridized carbons (Fsp3) is 0.571. The second kappa shape index (κ2) is 5.98. The molecule has 2 atom stereocenters. The van der Waals surface area contributed by atoms with Crippen molar-refractivity contribution >= 4 is 12.1 Å². The Morgan fingerprint density at radius 2 is 2.15 bits per heavy atom. The molecule has 6 heteroatoms. The first-order valence-corrected chi connectivity index (χ1v) is 6.47. The van der Waals surface area contributed by atoms with Gasteiger partial charge in [-0.1, -0.05) is 6.08 Å². The molecule has 6 nitrogen and oxygen atoms in total. The number of fused-ring (bicyclic) bond motifs is 1. The van der Waals surface area contributed by atoms with E-state index in [1.54, 1.807) is 14.1 Å². The van der Waals surface area contributed by atoms with E-state index in [1.807, 2.05) is 6.08 Å². The van der Waals surface area contributed by atoms with Crippen molar-refractivity contribution in [2.75, 3.05) is 34.4 Å². The minimum absolute atomic E-state index is 0.0595. The van der Waals surface area contributed by atoms with Gasteiger partial charge in [-0.05, 0) is 12.0 Å². The predicted octanol–water partition coefficient (Wildman–Crippen LogP) is 1.33. The summed E-state index contributed by atoms with van der Waals surface area (Å²) in [5, 5.41) is 0. The minimum Gasteiger partial charge on any atom is -0.500 e. The second-order valence-electron chi connectivity index (χ2n) is 5.07. The van der Waals surface area contributed by atoms with E-state index in [-0.39, 0.29) is 30.5 Å². The number of nitrogens with zero attached hydrogens (tertiary/aromatic N) is 1. The summed E-state index contributed by atoms with van der Waals surface area (Å²) in [6, 6.07) is 0. The Bertz CT molecular complexity index is 466. The highest BCUT2D eigenvalue weighted by Crippen LogP contribution is 2.40. The summed E-state index contributed by atoms with van der Waals surface area (Å²) in [5.41, 5.74) is 1.55. The van der Waals surface area contributed by atoms with Gasteiger partial charge in [-0.15, -0.1) is 0 Å². The summed E-state index contributed by atoms with van der Waals surface area (Å²) in [7, 11) is 4.63. The number of carbonyl (C=O) groups is 2. The summed E-state index contributed by atoms with van der Waals surface area (Å²) in [5.74, 6) is -0.229. The van der Waals surface area contributed by atoms with E-state index in [9.17, 15) is 9.59 Å². The molecule has 1 amide bonds. The van der Waals surface area contributed by atoms with Crippen LogP contribution >= 0.6 is 0 Å². The SMILES string of the molecule is COC(=O)C1=COCC2C(COC(=O)N(C)C)=CCC12. The third kappa shape index (κ3) is 2.79. The molecule has 0 N–H and O–H groups in total. The van der Waals surface area contributed by atoms with E-state index < -0.39 is 0 Å². The third-order valence-electron chi connectivity index (χ3n) is 3.63. The largest absolute Gasteiger partial charge is 0.500 e. The molecule has 20 heavy (non-hydrogen) atoms. The summed E-state index contributed by atoms with van der Waals surface area (Å²) in [6.07, 6.45) is 3.86. The van der Waals surface area contributed by atoms with Crippen LogP contribution in [0.5, 0.6) is 0 Å². The molecular weight excluding hydrogens is 262 g/mol. The van der Waals surface area contributed by atoms with E-state index in [2.05, 4.69) is 0 Å². The molecule has 0 aromatic heterocycles. The maximum atomic E-state index is 11.7. The van der Waals surface area contributed by atoms with Gasteiger partial charge in [0, 0.05) is 25.9 Å². The summed E-state index contributed by atoms with van der Waals surface area (Å²) >= 11 is 0. The molecule has 1 aliphatic heterocycles. The van der Waals surface area contributed by atoms with E-state index in [4.69, 9.17) is 14.2 Å². The van der Waals surface area contributed by atoms with Crippen LogP contribution in [0, 0.1) is 11.8 Å². The molecule has 0 bridgehead atoms. The highest BCUT2D eigenvalue weighted by atomic mass is 16.6. The Labute approximate surface area is 118 Å². The van der Waals surface area contributed by atoms with Gasteiger partial charge < -0.3 is 19.1 Å². The van der Waals surface area contributed by atoms with Crippen LogP contribution in [0.15, 0.2) is 23.5 Å². The van der Waals surface area contributed by atoms with Crippen LogP contribution < -0.4 is 0 Å². The molecule has 0 saturated carbocycles. The molecule has 2 rings (SSSR count). The standard InChI is InChI=1S/C14H19NO5/c1-15(2)14(17)20-6-9-4-5-10-11(9)7-19-8-12(10)13(16)18-3/h4,8,10-11H,5-7H2,1-3H3. The minimum atomic E-state index is -0.380. The number of amides is 1. The first-order chi connectivity index (χ1) is 9.54. The van der Waals surface area contributed by atoms with Gasteiger partial charge in [0.25, 0.3) is 0 Å². The quantitative estimate of drug-likeness (QED) is 0.577. The Morgan fingerprint density at radius 3 is 2.80 bits per heavy atom. The highest BCUT2D eigenvalue weighted by Gasteiger charge is 2.38. The van der Waals surface area contributed by atoms with Crippen molar-refractivity contribution in [3.05, 3.63) is 23.5 Å². The van der Waals surface area contributed by atoms with Crippen molar-refractivity contribution in [2.45, 2.75) is 6.42 Å². The number of allylic oxidation sites excluding steroid dienone is 1. The van der Waals surface area contributed by atoms with Crippen LogP contribution in [-0.2, 0) is 19.0 Å². The summed E-state index contributed by atoms with van der Waals surface area (Å²) < 4.78 is 15.3. The predicted molar refractivity (Wildman–Crippen MR) is 70.8 cm³/mol. The number of hydrogen-bond acceptors (Lipinski definition) is 5. The Balaban J connectivity index is 1.99. The Morgan fingerprint density at radius 1 is 1.40 bits per heavy atom. The Kier molecular flexibility index (Phi) is 4.32. The van der Waals surface area contributed by atoms with Crippen molar-refractivity contribution in [3.63, 3.8) is 0 Å². The lowest BCUT2D eigenvalue weighted by atomic mass is 9.85. The first kappa shape index (κ1) is 14.4. The van der Waals surface area contributed by atoms with Crippen LogP contribution in [0.2, 0.25) is 0 Å². The van der Waals surface area contributed by atoms with Gasteiger partial charge in [-0.2, -0.15) is 0 Å². The van der Waals surface area contributed by atoms with Crippen molar-refractivity contribution in [1.82, 2.24) is 4.90 Å². The van der Waals surface area contributed by atoms with Crippen LogP contribution in [0.25, 0.3) is 0 Å². The van der Waals surface area contributed by atoms with Crippen LogP contribution in [0.3, 0.4) is 0 Å². The molecule has 0 saturated heterocycles. The Hall–Kier alpha value is -1.98. The van der Waals surface area contributed by atoms with Crippen molar-refractivity contribution < 1.29 is 23.8 Å². The maximum absolute atomic E-state index is 11.7. The zero-order valence-electron chi connectivity index (χ0n) is 11.9. The number of carbonyl (C=O) groups excluding carboxylic acids is 2. The van der Waals surface area contributed by atoms with Crippen LogP contribution in [0.1, 0.15) is 6.42 Å². The van der Waals surface area contributed by atoms with Gasteiger partial charge in [0.05, 0.1) is 25.6 Å². The lowest BCUT2D eigenvalue weighted by Gasteiger charge is -2.27. The van der Waals surface area contributed by atoms with Gasteiger partial charge in [-0.3, -0.25) is 0 Å².